The number of likely N-dealkylation sites (tertiary alicyclic amines) is 2. The van der Waals surface area contributed by atoms with Gasteiger partial charge in [-0.1, -0.05) is 66.6 Å². The van der Waals surface area contributed by atoms with Gasteiger partial charge in [0.25, 0.3) is 11.5 Å². The third-order valence-electron chi connectivity index (χ3n) is 14.7. The number of benzene rings is 4. The van der Waals surface area contributed by atoms with Crippen LogP contribution in [0.15, 0.2) is 108 Å². The topological polar surface area (TPSA) is 193 Å². The SMILES string of the molecule is CNC(=O)c1ccc(NCC#Cc2cc3c(NC4CCN(CCC(=O)NCc5ccc(-c6c7ncn(CC8(O)CCN(C(=O)CCc9ccccc9)CC8)c(=O)c7nn6C)cc5)CC4)cccc3n2CC(F)(F)F)c(OC)c1. The number of ether oxygens (including phenoxy) is 1. The zero-order chi connectivity index (χ0) is 55.0. The van der Waals surface area contributed by atoms with Gasteiger partial charge in [-0.3, -0.25) is 28.4 Å². The Labute approximate surface area is 449 Å². The number of nitrogens with one attached hydrogen (secondary N) is 4. The van der Waals surface area contributed by atoms with E-state index in [1.54, 1.807) is 53.0 Å². The Balaban J connectivity index is 0.734. The molecule has 7 aromatic rings. The Morgan fingerprint density at radius 1 is 0.885 bits per heavy atom. The van der Waals surface area contributed by atoms with Crippen molar-refractivity contribution in [2.24, 2.45) is 7.05 Å². The van der Waals surface area contributed by atoms with Crippen LogP contribution < -0.4 is 31.6 Å². The lowest BCUT2D eigenvalue weighted by Crippen LogP contribution is -2.49. The number of nitrogens with zero attached hydrogens (tertiary/aromatic N) is 7. The van der Waals surface area contributed by atoms with E-state index in [9.17, 15) is 37.5 Å². The summed E-state index contributed by atoms with van der Waals surface area (Å²) in [4.78, 5) is 60.4. The summed E-state index contributed by atoms with van der Waals surface area (Å²) in [6, 6.07) is 29.5. The molecule has 0 unspecified atom stereocenters. The quantitative estimate of drug-likeness (QED) is 0.0574. The van der Waals surface area contributed by atoms with Gasteiger partial charge in [0.05, 0.1) is 54.7 Å². The molecule has 78 heavy (non-hydrogen) atoms. The number of fused-ring (bicyclic) bond motifs is 2. The van der Waals surface area contributed by atoms with Gasteiger partial charge in [0.2, 0.25) is 11.8 Å². The Kier molecular flexibility index (Phi) is 16.8. The molecule has 2 aliphatic rings. The van der Waals surface area contributed by atoms with Crippen LogP contribution in [0.4, 0.5) is 24.5 Å². The maximum Gasteiger partial charge on any atom is 0.406 e. The number of amides is 3. The molecule has 20 heteroatoms. The number of carbonyl (C=O) groups excluding carboxylic acids is 3. The molecule has 0 aliphatic carbocycles. The van der Waals surface area contributed by atoms with Crippen molar-refractivity contribution >= 4 is 51.0 Å². The van der Waals surface area contributed by atoms with E-state index in [1.807, 2.05) is 60.7 Å². The van der Waals surface area contributed by atoms with Crippen LogP contribution in [-0.4, -0.2) is 128 Å². The summed E-state index contributed by atoms with van der Waals surface area (Å²) in [5, 5.41) is 29.0. The minimum absolute atomic E-state index is 0.0388. The molecule has 0 atom stereocenters. The van der Waals surface area contributed by atoms with Crippen LogP contribution in [-0.2, 0) is 42.7 Å². The van der Waals surface area contributed by atoms with E-state index < -0.39 is 18.3 Å². The molecule has 0 bridgehead atoms. The monoisotopic (exact) mass is 1070 g/mol. The van der Waals surface area contributed by atoms with Crippen LogP contribution in [0.5, 0.6) is 5.75 Å². The highest BCUT2D eigenvalue weighted by atomic mass is 19.4. The molecule has 3 aromatic heterocycles. The van der Waals surface area contributed by atoms with E-state index >= 15 is 0 Å². The molecular formula is C58H64F3N11O6. The second-order valence-corrected chi connectivity index (χ2v) is 20.0. The maximum atomic E-state index is 13.9. The van der Waals surface area contributed by atoms with Crippen molar-refractivity contribution in [3.8, 4) is 28.8 Å². The number of hydrogen-bond donors (Lipinski definition) is 5. The highest BCUT2D eigenvalue weighted by molar-refractivity contribution is 5.95. The molecule has 9 rings (SSSR count). The van der Waals surface area contributed by atoms with Gasteiger partial charge in [-0.15, -0.1) is 0 Å². The summed E-state index contributed by atoms with van der Waals surface area (Å²) in [5.74, 6) is 6.01. The third kappa shape index (κ3) is 13.1. The van der Waals surface area contributed by atoms with E-state index in [0.29, 0.717) is 97.4 Å². The molecule has 17 nitrogen and oxygen atoms in total. The first-order valence-corrected chi connectivity index (χ1v) is 26.2. The first kappa shape index (κ1) is 54.6. The normalized spacial score (nSPS) is 14.9. The number of rotatable bonds is 18. The van der Waals surface area contributed by atoms with E-state index in [1.165, 1.54) is 29.6 Å². The standard InChI is InChI=1S/C58H64F3N11O6/c1-62-55(75)42-19-20-47(49(33-42)78-3)63-27-8-11-44-34-45-46(12-7-13-48(45)72(44)37-58(59,60)61)66-43-22-28-69(29-23-43)30-24-50(73)64-35-40-14-17-41(18-15-40)54-52-53(67-68(54)2)56(76)71(38-65-52)36-57(77)25-31-70(32-26-57)51(74)21-16-39-9-5-4-6-10-39/h4-7,9-10,12-15,17-20,33-34,38,43,63,66,77H,16,21-32,35-37H2,1-3H3,(H,62,75)(H,64,73). The molecule has 4 aromatic carbocycles. The predicted molar refractivity (Wildman–Crippen MR) is 293 cm³/mol. The van der Waals surface area contributed by atoms with Gasteiger partial charge in [-0.05, 0) is 85.5 Å². The average Bonchev–Trinajstić information content (AvgIpc) is 4.16. The lowest BCUT2D eigenvalue weighted by atomic mass is 9.91. The number of piperidine rings is 2. The van der Waals surface area contributed by atoms with Crippen LogP contribution in [0.1, 0.15) is 65.7 Å². The van der Waals surface area contributed by atoms with Crippen LogP contribution in [0.25, 0.3) is 33.2 Å². The fourth-order valence-electron chi connectivity index (χ4n) is 10.3. The molecule has 5 N–H and O–H groups in total. The van der Waals surface area contributed by atoms with Gasteiger partial charge >= 0.3 is 6.18 Å². The maximum absolute atomic E-state index is 13.9. The van der Waals surface area contributed by atoms with E-state index in [2.05, 4.69) is 48.1 Å². The van der Waals surface area contributed by atoms with Crippen molar-refractivity contribution in [2.45, 2.75) is 82.4 Å². The second-order valence-electron chi connectivity index (χ2n) is 20.0. The highest BCUT2D eigenvalue weighted by Gasteiger charge is 2.35. The number of aryl methyl sites for hydroxylation is 2. The molecule has 2 saturated heterocycles. The number of anilines is 2. The Bertz CT molecular complexity index is 3400. The van der Waals surface area contributed by atoms with Crippen LogP contribution in [0, 0.1) is 11.8 Å². The number of halogens is 3. The van der Waals surface area contributed by atoms with Crippen LogP contribution in [0.2, 0.25) is 0 Å². The van der Waals surface area contributed by atoms with Gasteiger partial charge in [0.15, 0.2) is 5.52 Å². The van der Waals surface area contributed by atoms with Crippen molar-refractivity contribution in [1.82, 2.24) is 44.3 Å². The molecule has 408 valence electrons. The second kappa shape index (κ2) is 24.0. The van der Waals surface area contributed by atoms with E-state index in [-0.39, 0.29) is 53.6 Å². The lowest BCUT2D eigenvalue weighted by molar-refractivity contribution is -0.140. The average molecular weight is 1070 g/mol. The summed E-state index contributed by atoms with van der Waals surface area (Å²) in [7, 11) is 4.76. The molecule has 2 aliphatic heterocycles. The van der Waals surface area contributed by atoms with Gasteiger partial charge in [0.1, 0.15) is 17.8 Å². The Morgan fingerprint density at radius 2 is 1.64 bits per heavy atom. The minimum Gasteiger partial charge on any atom is -0.495 e. The predicted octanol–water partition coefficient (Wildman–Crippen LogP) is 6.71. The first-order valence-electron chi connectivity index (χ1n) is 26.2. The van der Waals surface area contributed by atoms with Crippen LogP contribution >= 0.6 is 0 Å². The molecule has 0 radical (unpaired) electrons. The van der Waals surface area contributed by atoms with Crippen molar-refractivity contribution in [3.05, 3.63) is 136 Å². The lowest BCUT2D eigenvalue weighted by Gasteiger charge is -2.38. The zero-order valence-electron chi connectivity index (χ0n) is 44.0. The summed E-state index contributed by atoms with van der Waals surface area (Å²) in [6.45, 7) is 2.15. The number of alkyl halides is 3. The Hall–Kier alpha value is -8.15. The van der Waals surface area contributed by atoms with Gasteiger partial charge in [-0.2, -0.15) is 18.3 Å². The van der Waals surface area contributed by atoms with Crippen molar-refractivity contribution in [2.75, 3.05) is 64.1 Å². The molecular weight excluding hydrogens is 1000 g/mol. The fourth-order valence-corrected chi connectivity index (χ4v) is 10.3. The minimum atomic E-state index is -4.48. The third-order valence-corrected chi connectivity index (χ3v) is 14.7. The molecule has 2 fully saturated rings. The Morgan fingerprint density at radius 3 is 2.36 bits per heavy atom. The summed E-state index contributed by atoms with van der Waals surface area (Å²) >= 11 is 0. The molecule has 0 spiro atoms. The van der Waals surface area contributed by atoms with E-state index in [0.717, 1.165) is 48.3 Å². The molecule has 0 saturated carbocycles. The van der Waals surface area contributed by atoms with Gasteiger partial charge < -0.3 is 45.5 Å². The highest BCUT2D eigenvalue weighted by Crippen LogP contribution is 2.33. The first-order chi connectivity index (χ1) is 37.6. The van der Waals surface area contributed by atoms with Crippen molar-refractivity contribution in [3.63, 3.8) is 0 Å². The number of aromatic nitrogens is 5. The summed E-state index contributed by atoms with van der Waals surface area (Å²) < 4.78 is 51.4. The molecule has 3 amide bonds. The van der Waals surface area contributed by atoms with Gasteiger partial charge in [0, 0.05) is 94.4 Å². The van der Waals surface area contributed by atoms with Gasteiger partial charge in [-0.25, -0.2) is 4.98 Å². The largest absolute Gasteiger partial charge is 0.495 e. The van der Waals surface area contributed by atoms with Crippen molar-refractivity contribution < 1.29 is 37.4 Å². The number of carbonyl (C=O) groups is 3. The number of aliphatic hydroxyl groups is 1. The van der Waals surface area contributed by atoms with E-state index in [4.69, 9.17) is 4.74 Å². The summed E-state index contributed by atoms with van der Waals surface area (Å²) in [5.41, 5.74) is 4.91. The fraction of sp³-hybridized carbons (Fsp3) is 0.379. The number of methoxy groups -OCH3 is 1. The smallest absolute Gasteiger partial charge is 0.406 e. The number of hydrogen-bond acceptors (Lipinski definition) is 11. The summed E-state index contributed by atoms with van der Waals surface area (Å²) in [6.07, 6.45) is 0.581. The van der Waals surface area contributed by atoms with Crippen molar-refractivity contribution in [1.29, 1.82) is 0 Å². The molecule has 5 heterocycles. The van der Waals surface area contributed by atoms with Crippen LogP contribution in [0.3, 0.4) is 0 Å². The zero-order valence-corrected chi connectivity index (χ0v) is 44.0.